The molecule has 3 aromatic rings. The molecule has 6 heteroatoms. The molecule has 0 fully saturated rings. The Bertz CT molecular complexity index is 679. The summed E-state index contributed by atoms with van der Waals surface area (Å²) in [4.78, 5) is 0. The molecule has 0 unspecified atom stereocenters. The summed E-state index contributed by atoms with van der Waals surface area (Å²) in [5.41, 5.74) is 1.02. The van der Waals surface area contributed by atoms with Crippen molar-refractivity contribution in [2.45, 2.75) is 12.8 Å². The molecule has 21 heavy (non-hydrogen) atoms. The lowest BCUT2D eigenvalue weighted by molar-refractivity contribution is 0.513. The van der Waals surface area contributed by atoms with Gasteiger partial charge in [0.05, 0.1) is 6.26 Å². The van der Waals surface area contributed by atoms with Crippen LogP contribution in [0.15, 0.2) is 47.1 Å². The highest BCUT2D eigenvalue weighted by atomic mass is 32.1. The van der Waals surface area contributed by atoms with Gasteiger partial charge in [-0.15, -0.1) is 10.2 Å². The largest absolute Gasteiger partial charge is 0.469 e. The van der Waals surface area contributed by atoms with Gasteiger partial charge in [-0.1, -0.05) is 23.5 Å². The normalized spacial score (nSPS) is 10.7. The summed E-state index contributed by atoms with van der Waals surface area (Å²) in [5, 5.41) is 13.2. The number of nitrogens with zero attached hydrogens (tertiary/aromatic N) is 2. The van der Waals surface area contributed by atoms with Crippen molar-refractivity contribution in [1.29, 1.82) is 0 Å². The Labute approximate surface area is 125 Å². The van der Waals surface area contributed by atoms with Crippen molar-refractivity contribution in [3.8, 4) is 0 Å². The molecule has 0 spiro atoms. The molecule has 0 atom stereocenters. The maximum absolute atomic E-state index is 12.8. The van der Waals surface area contributed by atoms with Crippen molar-refractivity contribution < 1.29 is 8.81 Å². The topological polar surface area (TPSA) is 51.0 Å². The molecule has 108 valence electrons. The smallest absolute Gasteiger partial charge is 0.205 e. The molecular weight excluding hydrogens is 289 g/mol. The van der Waals surface area contributed by atoms with E-state index in [9.17, 15) is 4.39 Å². The number of halogens is 1. The molecule has 0 radical (unpaired) electrons. The maximum atomic E-state index is 12.8. The van der Waals surface area contributed by atoms with E-state index < -0.39 is 0 Å². The number of hydrogen-bond donors (Lipinski definition) is 1. The molecule has 0 aliphatic carbocycles. The van der Waals surface area contributed by atoms with Crippen LogP contribution >= 0.6 is 11.3 Å². The van der Waals surface area contributed by atoms with E-state index in [-0.39, 0.29) is 5.82 Å². The van der Waals surface area contributed by atoms with Crippen LogP contribution in [-0.4, -0.2) is 16.7 Å². The van der Waals surface area contributed by atoms with Gasteiger partial charge < -0.3 is 9.73 Å². The van der Waals surface area contributed by atoms with Gasteiger partial charge in [-0.25, -0.2) is 4.39 Å². The van der Waals surface area contributed by atoms with Gasteiger partial charge in [0.1, 0.15) is 16.6 Å². The molecule has 0 aliphatic rings. The van der Waals surface area contributed by atoms with E-state index >= 15 is 0 Å². The number of rotatable bonds is 6. The number of anilines is 1. The first kappa shape index (κ1) is 13.8. The Kier molecular flexibility index (Phi) is 4.25. The fraction of sp³-hybridized carbons (Fsp3) is 0.200. The van der Waals surface area contributed by atoms with Crippen molar-refractivity contribution >= 4 is 16.5 Å². The number of furan rings is 1. The first-order valence-electron chi connectivity index (χ1n) is 6.63. The summed E-state index contributed by atoms with van der Waals surface area (Å²) in [7, 11) is 0. The molecular formula is C15H14FN3OS. The molecule has 0 saturated heterocycles. The molecule has 1 aromatic carbocycles. The third-order valence-electron chi connectivity index (χ3n) is 2.96. The SMILES string of the molecule is Fc1ccc(Cc2nnc(NCCc3ccco3)s2)cc1. The molecule has 1 N–H and O–H groups in total. The monoisotopic (exact) mass is 303 g/mol. The van der Waals surface area contributed by atoms with Gasteiger partial charge in [0.15, 0.2) is 0 Å². The minimum Gasteiger partial charge on any atom is -0.469 e. The van der Waals surface area contributed by atoms with Crippen molar-refractivity contribution in [3.05, 3.63) is 64.8 Å². The summed E-state index contributed by atoms with van der Waals surface area (Å²) < 4.78 is 18.1. The molecule has 3 rings (SSSR count). The summed E-state index contributed by atoms with van der Waals surface area (Å²) in [6.07, 6.45) is 3.14. The second-order valence-corrected chi connectivity index (χ2v) is 5.62. The van der Waals surface area contributed by atoms with Crippen LogP contribution in [0.2, 0.25) is 0 Å². The minimum absolute atomic E-state index is 0.226. The number of aromatic nitrogens is 2. The Morgan fingerprint density at radius 2 is 2.00 bits per heavy atom. The lowest BCUT2D eigenvalue weighted by Crippen LogP contribution is -2.03. The number of nitrogens with one attached hydrogen (secondary N) is 1. The van der Waals surface area contributed by atoms with Crippen molar-refractivity contribution in [2.75, 3.05) is 11.9 Å². The standard InChI is InChI=1S/C15H14FN3OS/c16-12-5-3-11(4-6-12)10-14-18-19-15(21-14)17-8-7-13-2-1-9-20-13/h1-6,9H,7-8,10H2,(H,17,19). The molecule has 2 aromatic heterocycles. The average Bonchev–Trinajstić information content (AvgIpc) is 3.14. The maximum Gasteiger partial charge on any atom is 0.205 e. The first-order valence-corrected chi connectivity index (χ1v) is 7.44. The predicted molar refractivity (Wildman–Crippen MR) is 80.0 cm³/mol. The summed E-state index contributed by atoms with van der Waals surface area (Å²) in [6.45, 7) is 0.749. The predicted octanol–water partition coefficient (Wildman–Crippen LogP) is 3.52. The van der Waals surface area contributed by atoms with Gasteiger partial charge in [0.25, 0.3) is 0 Å². The van der Waals surface area contributed by atoms with Crippen molar-refractivity contribution in [3.63, 3.8) is 0 Å². The molecule has 0 saturated carbocycles. The zero-order valence-electron chi connectivity index (χ0n) is 11.3. The molecule has 4 nitrogen and oxygen atoms in total. The lowest BCUT2D eigenvalue weighted by atomic mass is 10.2. The highest BCUT2D eigenvalue weighted by Crippen LogP contribution is 2.18. The summed E-state index contributed by atoms with van der Waals surface area (Å²) >= 11 is 1.51. The van der Waals surface area contributed by atoms with Gasteiger partial charge >= 0.3 is 0 Å². The van der Waals surface area contributed by atoms with E-state index in [1.165, 1.54) is 23.5 Å². The van der Waals surface area contributed by atoms with E-state index in [1.54, 1.807) is 18.4 Å². The first-order chi connectivity index (χ1) is 10.3. The Morgan fingerprint density at radius 3 is 2.76 bits per heavy atom. The molecule has 2 heterocycles. The van der Waals surface area contributed by atoms with Crippen LogP contribution in [0.1, 0.15) is 16.3 Å². The van der Waals surface area contributed by atoms with Gasteiger partial charge in [0.2, 0.25) is 5.13 Å². The second kappa shape index (κ2) is 6.49. The van der Waals surface area contributed by atoms with E-state index in [0.29, 0.717) is 6.42 Å². The van der Waals surface area contributed by atoms with Gasteiger partial charge in [0, 0.05) is 19.4 Å². The number of hydrogen-bond acceptors (Lipinski definition) is 5. The van der Waals surface area contributed by atoms with Crippen LogP contribution in [0.5, 0.6) is 0 Å². The van der Waals surface area contributed by atoms with E-state index in [1.807, 2.05) is 12.1 Å². The molecule has 0 aliphatic heterocycles. The van der Waals surface area contributed by atoms with Gasteiger partial charge in [-0.3, -0.25) is 0 Å². The Balaban J connectivity index is 1.52. The van der Waals surface area contributed by atoms with Crippen LogP contribution in [0.3, 0.4) is 0 Å². The van der Waals surface area contributed by atoms with Crippen LogP contribution < -0.4 is 5.32 Å². The van der Waals surface area contributed by atoms with Crippen LogP contribution in [-0.2, 0) is 12.8 Å². The van der Waals surface area contributed by atoms with Crippen molar-refractivity contribution in [2.24, 2.45) is 0 Å². The third kappa shape index (κ3) is 3.88. The van der Waals surface area contributed by atoms with Crippen LogP contribution in [0.4, 0.5) is 9.52 Å². The molecule has 0 bridgehead atoms. The Morgan fingerprint density at radius 1 is 1.14 bits per heavy atom. The zero-order valence-corrected chi connectivity index (χ0v) is 12.1. The summed E-state index contributed by atoms with van der Waals surface area (Å²) in [6, 6.07) is 10.3. The van der Waals surface area contributed by atoms with Crippen molar-refractivity contribution in [1.82, 2.24) is 10.2 Å². The van der Waals surface area contributed by atoms with Crippen LogP contribution in [0.25, 0.3) is 0 Å². The lowest BCUT2D eigenvalue weighted by Gasteiger charge is -1.99. The zero-order chi connectivity index (χ0) is 14.5. The fourth-order valence-electron chi connectivity index (χ4n) is 1.92. The molecule has 0 amide bonds. The van der Waals surface area contributed by atoms with E-state index in [0.717, 1.165) is 34.4 Å². The van der Waals surface area contributed by atoms with Crippen LogP contribution in [0, 0.1) is 5.82 Å². The number of benzene rings is 1. The van der Waals surface area contributed by atoms with Gasteiger partial charge in [-0.2, -0.15) is 0 Å². The average molecular weight is 303 g/mol. The third-order valence-corrected chi connectivity index (χ3v) is 3.84. The summed E-state index contributed by atoms with van der Waals surface area (Å²) in [5.74, 6) is 0.717. The highest BCUT2D eigenvalue weighted by molar-refractivity contribution is 7.15. The van der Waals surface area contributed by atoms with E-state index in [4.69, 9.17) is 4.42 Å². The van der Waals surface area contributed by atoms with Gasteiger partial charge in [-0.05, 0) is 29.8 Å². The van der Waals surface area contributed by atoms with E-state index in [2.05, 4.69) is 15.5 Å². The highest BCUT2D eigenvalue weighted by Gasteiger charge is 2.05. The Hall–Kier alpha value is -2.21. The second-order valence-electron chi connectivity index (χ2n) is 4.56. The fourth-order valence-corrected chi connectivity index (χ4v) is 2.72. The minimum atomic E-state index is -0.226. The quantitative estimate of drug-likeness (QED) is 0.757.